The van der Waals surface area contributed by atoms with E-state index in [4.69, 9.17) is 10.4 Å². The molecule has 120 valence electrons. The van der Waals surface area contributed by atoms with Gasteiger partial charge in [-0.2, -0.15) is 5.26 Å². The first-order valence-electron chi connectivity index (χ1n) is 7.63. The maximum absolute atomic E-state index is 11.0. The van der Waals surface area contributed by atoms with Crippen molar-refractivity contribution in [3.05, 3.63) is 83.2 Å². The molecule has 0 saturated carbocycles. The van der Waals surface area contributed by atoms with Crippen molar-refractivity contribution in [1.82, 2.24) is 4.98 Å². The fourth-order valence-electron chi connectivity index (χ4n) is 2.26. The number of aryl methyl sites for hydroxylation is 1. The number of hydrogen-bond donors (Lipinski definition) is 1. The zero-order valence-electron chi connectivity index (χ0n) is 13.4. The molecular formula is C20H18N2O2. The molecule has 1 heterocycles. The molecule has 1 N–H and O–H groups in total. The highest BCUT2D eigenvalue weighted by molar-refractivity contribution is 5.88. The van der Waals surface area contributed by atoms with Gasteiger partial charge in [0.05, 0.1) is 22.9 Å². The second-order valence-corrected chi connectivity index (χ2v) is 5.32. The van der Waals surface area contributed by atoms with Crippen LogP contribution in [0.25, 0.3) is 5.57 Å². The SMILES string of the molecule is C/C(=C\C=C/CCc1ccccc1C#N)c1cc(C(=O)O)ccn1. The minimum absolute atomic E-state index is 0.227. The molecule has 1 aromatic carbocycles. The summed E-state index contributed by atoms with van der Waals surface area (Å²) in [6, 6.07) is 12.8. The third-order valence-corrected chi connectivity index (χ3v) is 3.61. The van der Waals surface area contributed by atoms with Gasteiger partial charge < -0.3 is 5.11 Å². The fourth-order valence-corrected chi connectivity index (χ4v) is 2.26. The number of carbonyl (C=O) groups is 1. The van der Waals surface area contributed by atoms with E-state index in [1.54, 1.807) is 6.07 Å². The lowest BCUT2D eigenvalue weighted by atomic mass is 10.0. The van der Waals surface area contributed by atoms with Crippen LogP contribution in [0.1, 0.15) is 40.5 Å². The number of carboxylic acids is 1. The Hall–Kier alpha value is -3.19. The number of allylic oxidation sites excluding steroid dienone is 4. The average molecular weight is 318 g/mol. The third-order valence-electron chi connectivity index (χ3n) is 3.61. The Morgan fingerprint density at radius 2 is 2.12 bits per heavy atom. The van der Waals surface area contributed by atoms with Gasteiger partial charge in [0.15, 0.2) is 0 Å². The largest absolute Gasteiger partial charge is 0.478 e. The van der Waals surface area contributed by atoms with Gasteiger partial charge in [-0.3, -0.25) is 4.98 Å². The van der Waals surface area contributed by atoms with Crippen LogP contribution in [0, 0.1) is 11.3 Å². The van der Waals surface area contributed by atoms with Crippen LogP contribution in [0.5, 0.6) is 0 Å². The van der Waals surface area contributed by atoms with Crippen LogP contribution in [0.3, 0.4) is 0 Å². The molecule has 0 aliphatic heterocycles. The zero-order valence-corrected chi connectivity index (χ0v) is 13.4. The molecule has 0 unspecified atom stereocenters. The van der Waals surface area contributed by atoms with E-state index in [9.17, 15) is 4.79 Å². The van der Waals surface area contributed by atoms with Gasteiger partial charge in [-0.1, -0.05) is 36.4 Å². The van der Waals surface area contributed by atoms with Gasteiger partial charge in [0, 0.05) is 6.20 Å². The highest BCUT2D eigenvalue weighted by atomic mass is 16.4. The minimum Gasteiger partial charge on any atom is -0.478 e. The molecule has 0 fully saturated rings. The van der Waals surface area contributed by atoms with E-state index < -0.39 is 5.97 Å². The van der Waals surface area contributed by atoms with E-state index in [0.717, 1.165) is 24.0 Å². The van der Waals surface area contributed by atoms with E-state index in [0.29, 0.717) is 11.3 Å². The molecule has 2 aromatic rings. The van der Waals surface area contributed by atoms with Crippen molar-refractivity contribution in [3.8, 4) is 6.07 Å². The maximum atomic E-state index is 11.0. The second-order valence-electron chi connectivity index (χ2n) is 5.32. The first-order chi connectivity index (χ1) is 11.6. The lowest BCUT2D eigenvalue weighted by Crippen LogP contribution is -1.98. The van der Waals surface area contributed by atoms with E-state index in [-0.39, 0.29) is 5.56 Å². The van der Waals surface area contributed by atoms with Crippen LogP contribution >= 0.6 is 0 Å². The fraction of sp³-hybridized carbons (Fsp3) is 0.150. The van der Waals surface area contributed by atoms with Gasteiger partial charge in [0.25, 0.3) is 0 Å². The molecule has 0 aliphatic rings. The predicted molar refractivity (Wildman–Crippen MR) is 93.5 cm³/mol. The van der Waals surface area contributed by atoms with Crippen LogP contribution in [-0.2, 0) is 6.42 Å². The molecule has 24 heavy (non-hydrogen) atoms. The van der Waals surface area contributed by atoms with Crippen molar-refractivity contribution >= 4 is 11.5 Å². The monoisotopic (exact) mass is 318 g/mol. The van der Waals surface area contributed by atoms with Crippen molar-refractivity contribution < 1.29 is 9.90 Å². The number of hydrogen-bond acceptors (Lipinski definition) is 3. The third kappa shape index (κ3) is 4.65. The number of aromatic carboxylic acids is 1. The summed E-state index contributed by atoms with van der Waals surface area (Å²) in [5, 5.41) is 18.1. The van der Waals surface area contributed by atoms with Crippen LogP contribution in [-0.4, -0.2) is 16.1 Å². The van der Waals surface area contributed by atoms with Crippen LogP contribution in [0.4, 0.5) is 0 Å². The number of rotatable bonds is 6. The molecular weight excluding hydrogens is 300 g/mol. The Morgan fingerprint density at radius 3 is 2.88 bits per heavy atom. The second kappa shape index (κ2) is 8.44. The topological polar surface area (TPSA) is 74.0 Å². The predicted octanol–water partition coefficient (Wildman–Crippen LogP) is 4.24. The van der Waals surface area contributed by atoms with Crippen molar-refractivity contribution in [3.63, 3.8) is 0 Å². The van der Waals surface area contributed by atoms with Gasteiger partial charge in [0.1, 0.15) is 0 Å². The van der Waals surface area contributed by atoms with Gasteiger partial charge in [-0.25, -0.2) is 4.79 Å². The molecule has 2 rings (SSSR count). The summed E-state index contributed by atoms with van der Waals surface area (Å²) in [5.74, 6) is -0.960. The number of carboxylic acid groups (broad SMARTS) is 1. The maximum Gasteiger partial charge on any atom is 0.335 e. The summed E-state index contributed by atoms with van der Waals surface area (Å²) in [4.78, 5) is 15.2. The standard InChI is InChI=1S/C20H18N2O2/c1-15(19-13-17(20(23)24)11-12-22-19)7-3-2-4-8-16-9-5-6-10-18(16)14-21/h2-3,5-7,9-13H,4,8H2,1H3,(H,23,24)/b3-2-,15-7+. The molecule has 0 saturated heterocycles. The number of aromatic nitrogens is 1. The van der Waals surface area contributed by atoms with Crippen molar-refractivity contribution in [2.24, 2.45) is 0 Å². The molecule has 4 heteroatoms. The number of benzene rings is 1. The minimum atomic E-state index is -0.960. The summed E-state index contributed by atoms with van der Waals surface area (Å²) in [7, 11) is 0. The van der Waals surface area contributed by atoms with E-state index in [1.165, 1.54) is 12.3 Å². The van der Waals surface area contributed by atoms with Gasteiger partial charge in [-0.15, -0.1) is 0 Å². The van der Waals surface area contributed by atoms with E-state index >= 15 is 0 Å². The zero-order chi connectivity index (χ0) is 17.4. The Morgan fingerprint density at radius 1 is 1.33 bits per heavy atom. The van der Waals surface area contributed by atoms with Gasteiger partial charge in [-0.05, 0) is 49.1 Å². The molecule has 0 amide bonds. The highest BCUT2D eigenvalue weighted by Gasteiger charge is 2.04. The lowest BCUT2D eigenvalue weighted by Gasteiger charge is -2.01. The molecule has 1 aromatic heterocycles. The normalized spacial score (nSPS) is 11.4. The van der Waals surface area contributed by atoms with Crippen molar-refractivity contribution in [2.75, 3.05) is 0 Å². The van der Waals surface area contributed by atoms with Crippen LogP contribution < -0.4 is 0 Å². The van der Waals surface area contributed by atoms with Crippen LogP contribution in [0.15, 0.2) is 60.8 Å². The molecule has 0 radical (unpaired) electrons. The quantitative estimate of drug-likeness (QED) is 0.808. The lowest BCUT2D eigenvalue weighted by molar-refractivity contribution is 0.0696. The van der Waals surface area contributed by atoms with Crippen molar-refractivity contribution in [1.29, 1.82) is 5.26 Å². The molecule has 4 nitrogen and oxygen atoms in total. The average Bonchev–Trinajstić information content (AvgIpc) is 2.61. The molecule has 0 atom stereocenters. The first kappa shape index (κ1) is 17.2. The summed E-state index contributed by atoms with van der Waals surface area (Å²) in [6.45, 7) is 1.89. The Labute approximate surface area is 141 Å². The highest BCUT2D eigenvalue weighted by Crippen LogP contribution is 2.13. The smallest absolute Gasteiger partial charge is 0.335 e. The van der Waals surface area contributed by atoms with E-state index in [1.807, 2.05) is 49.4 Å². The van der Waals surface area contributed by atoms with Crippen molar-refractivity contribution in [2.45, 2.75) is 19.8 Å². The summed E-state index contributed by atoms with van der Waals surface area (Å²) in [5.41, 5.74) is 3.53. The molecule has 0 spiro atoms. The Bertz CT molecular complexity index is 830. The van der Waals surface area contributed by atoms with Gasteiger partial charge >= 0.3 is 5.97 Å². The van der Waals surface area contributed by atoms with Crippen LogP contribution in [0.2, 0.25) is 0 Å². The summed E-state index contributed by atoms with van der Waals surface area (Å²) < 4.78 is 0. The summed E-state index contributed by atoms with van der Waals surface area (Å²) >= 11 is 0. The number of nitriles is 1. The van der Waals surface area contributed by atoms with Gasteiger partial charge in [0.2, 0.25) is 0 Å². The number of pyridine rings is 1. The van der Waals surface area contributed by atoms with E-state index in [2.05, 4.69) is 11.1 Å². The summed E-state index contributed by atoms with van der Waals surface area (Å²) in [6.07, 6.45) is 8.99. The Kier molecular flexibility index (Phi) is 6.04. The first-order valence-corrected chi connectivity index (χ1v) is 7.63. The molecule has 0 bridgehead atoms. The number of nitrogens with zero attached hydrogens (tertiary/aromatic N) is 2. The Balaban J connectivity index is 1.97. The molecule has 0 aliphatic carbocycles.